The van der Waals surface area contributed by atoms with Crippen molar-refractivity contribution in [1.29, 1.82) is 0 Å². The second kappa shape index (κ2) is 6.78. The molecular weight excluding hydrogens is 124 g/mol. The van der Waals surface area contributed by atoms with Gasteiger partial charge >= 0.3 is 0 Å². The zero-order chi connectivity index (χ0) is 8.62. The molecule has 0 fully saturated rings. The third kappa shape index (κ3) is 15.6. The van der Waals surface area contributed by atoms with Gasteiger partial charge in [-0.1, -0.05) is 0 Å². The van der Waals surface area contributed by atoms with Crippen molar-refractivity contribution in [3.05, 3.63) is 13.2 Å². The van der Waals surface area contributed by atoms with Gasteiger partial charge in [0.1, 0.15) is 0 Å². The first-order chi connectivity index (χ1) is 4.56. The van der Waals surface area contributed by atoms with E-state index in [9.17, 15) is 0 Å². The van der Waals surface area contributed by atoms with Crippen LogP contribution in [0.4, 0.5) is 0 Å². The highest BCUT2D eigenvalue weighted by molar-refractivity contribution is 4.69. The van der Waals surface area contributed by atoms with E-state index >= 15 is 0 Å². The zero-order valence-electron chi connectivity index (χ0n) is 7.41. The van der Waals surface area contributed by atoms with Crippen LogP contribution < -0.4 is 11.1 Å². The lowest BCUT2D eigenvalue weighted by Gasteiger charge is -2.19. The molecule has 0 unspecified atom stereocenters. The summed E-state index contributed by atoms with van der Waals surface area (Å²) in [4.78, 5) is 0. The van der Waals surface area contributed by atoms with Gasteiger partial charge in [0, 0.05) is 18.6 Å². The Labute approximate surface area is 64.5 Å². The topological polar surface area (TPSA) is 38.0 Å². The van der Waals surface area contributed by atoms with E-state index in [1.807, 2.05) is 0 Å². The van der Waals surface area contributed by atoms with Gasteiger partial charge in [-0.25, -0.2) is 0 Å². The van der Waals surface area contributed by atoms with E-state index in [-0.39, 0.29) is 5.54 Å². The number of nitrogens with two attached hydrogens (primary N) is 1. The lowest BCUT2D eigenvalue weighted by atomic mass is 10.1. The summed E-state index contributed by atoms with van der Waals surface area (Å²) in [5.41, 5.74) is 5.49. The predicted octanol–water partition coefficient (Wildman–Crippen LogP) is 1.14. The standard InChI is InChI=1S/C6H16N2.C2H4/c1-6(2,3)8-5-4-7;1-2/h8H,4-5,7H2,1-3H3;1-2H2. The molecule has 0 atom stereocenters. The lowest BCUT2D eigenvalue weighted by Crippen LogP contribution is -2.38. The first kappa shape index (κ1) is 12.3. The Morgan fingerprint density at radius 3 is 1.80 bits per heavy atom. The SMILES string of the molecule is C=C.CC(C)(C)NCCN. The van der Waals surface area contributed by atoms with Crippen LogP contribution in [0.5, 0.6) is 0 Å². The molecule has 0 spiro atoms. The molecule has 3 N–H and O–H groups in total. The Morgan fingerprint density at radius 1 is 1.30 bits per heavy atom. The van der Waals surface area contributed by atoms with E-state index < -0.39 is 0 Å². The van der Waals surface area contributed by atoms with Gasteiger partial charge in [0.25, 0.3) is 0 Å². The molecule has 10 heavy (non-hydrogen) atoms. The Bertz CT molecular complexity index is 64.1. The van der Waals surface area contributed by atoms with Gasteiger partial charge in [0.2, 0.25) is 0 Å². The number of hydrogen-bond acceptors (Lipinski definition) is 2. The summed E-state index contributed by atoms with van der Waals surface area (Å²) in [6.07, 6.45) is 0. The molecule has 0 aromatic rings. The summed E-state index contributed by atoms with van der Waals surface area (Å²) in [6, 6.07) is 0. The van der Waals surface area contributed by atoms with Crippen LogP contribution in [0.25, 0.3) is 0 Å². The highest BCUT2D eigenvalue weighted by atomic mass is 14.9. The van der Waals surface area contributed by atoms with Crippen LogP contribution >= 0.6 is 0 Å². The average molecular weight is 144 g/mol. The number of rotatable bonds is 2. The van der Waals surface area contributed by atoms with Crippen LogP contribution in [0.3, 0.4) is 0 Å². The van der Waals surface area contributed by atoms with Crippen molar-refractivity contribution in [3.63, 3.8) is 0 Å². The molecule has 0 bridgehead atoms. The summed E-state index contributed by atoms with van der Waals surface area (Å²) in [6.45, 7) is 14.0. The molecule has 0 heterocycles. The van der Waals surface area contributed by atoms with Crippen LogP contribution in [0.15, 0.2) is 13.2 Å². The molecule has 0 aliphatic rings. The minimum atomic E-state index is 0.222. The largest absolute Gasteiger partial charge is 0.329 e. The van der Waals surface area contributed by atoms with Gasteiger partial charge in [-0.15, -0.1) is 13.2 Å². The van der Waals surface area contributed by atoms with Crippen molar-refractivity contribution in [2.75, 3.05) is 13.1 Å². The van der Waals surface area contributed by atoms with E-state index in [1.165, 1.54) is 0 Å². The first-order valence-electron chi connectivity index (χ1n) is 3.51. The number of nitrogens with one attached hydrogen (secondary N) is 1. The molecule has 0 aromatic carbocycles. The zero-order valence-corrected chi connectivity index (χ0v) is 7.41. The average Bonchev–Trinajstić information content (AvgIpc) is 1.87. The minimum absolute atomic E-state index is 0.222. The highest BCUT2D eigenvalue weighted by Crippen LogP contribution is 1.95. The van der Waals surface area contributed by atoms with E-state index in [2.05, 4.69) is 39.2 Å². The Kier molecular flexibility index (Phi) is 8.37. The third-order valence-corrected chi connectivity index (χ3v) is 0.800. The molecule has 0 aliphatic carbocycles. The van der Waals surface area contributed by atoms with Gasteiger partial charge in [-0.2, -0.15) is 0 Å². The van der Waals surface area contributed by atoms with Gasteiger partial charge < -0.3 is 11.1 Å². The van der Waals surface area contributed by atoms with Crippen LogP contribution in [-0.4, -0.2) is 18.6 Å². The molecule has 0 radical (unpaired) electrons. The molecule has 0 aromatic heterocycles. The van der Waals surface area contributed by atoms with Gasteiger partial charge in [-0.05, 0) is 20.8 Å². The second-order valence-electron chi connectivity index (χ2n) is 2.97. The fraction of sp³-hybridized carbons (Fsp3) is 0.750. The van der Waals surface area contributed by atoms with Crippen molar-refractivity contribution in [2.24, 2.45) is 5.73 Å². The van der Waals surface area contributed by atoms with Crippen molar-refractivity contribution in [2.45, 2.75) is 26.3 Å². The molecule has 0 saturated heterocycles. The molecular formula is C8H20N2. The smallest absolute Gasteiger partial charge is 0.00970 e. The molecule has 2 nitrogen and oxygen atoms in total. The summed E-state index contributed by atoms with van der Waals surface area (Å²) >= 11 is 0. The molecule has 0 rings (SSSR count). The first-order valence-corrected chi connectivity index (χ1v) is 3.51. The number of hydrogen-bond donors (Lipinski definition) is 2. The van der Waals surface area contributed by atoms with Crippen LogP contribution in [0.1, 0.15) is 20.8 Å². The Hall–Kier alpha value is -0.340. The maximum atomic E-state index is 5.27. The highest BCUT2D eigenvalue weighted by Gasteiger charge is 2.05. The summed E-state index contributed by atoms with van der Waals surface area (Å²) in [7, 11) is 0. The Balaban J connectivity index is 0. The third-order valence-electron chi connectivity index (χ3n) is 0.800. The van der Waals surface area contributed by atoms with Crippen molar-refractivity contribution >= 4 is 0 Å². The quantitative estimate of drug-likeness (QED) is 0.570. The Morgan fingerprint density at radius 2 is 1.70 bits per heavy atom. The predicted molar refractivity (Wildman–Crippen MR) is 48.1 cm³/mol. The molecule has 0 amide bonds. The molecule has 62 valence electrons. The molecule has 2 heteroatoms. The van der Waals surface area contributed by atoms with E-state index in [0.29, 0.717) is 0 Å². The van der Waals surface area contributed by atoms with E-state index in [0.717, 1.165) is 13.1 Å². The fourth-order valence-electron chi connectivity index (χ4n) is 0.447. The fourth-order valence-corrected chi connectivity index (χ4v) is 0.447. The van der Waals surface area contributed by atoms with Gasteiger partial charge in [0.15, 0.2) is 0 Å². The van der Waals surface area contributed by atoms with Crippen molar-refractivity contribution in [1.82, 2.24) is 5.32 Å². The van der Waals surface area contributed by atoms with Crippen molar-refractivity contribution < 1.29 is 0 Å². The van der Waals surface area contributed by atoms with Crippen molar-refractivity contribution in [3.8, 4) is 0 Å². The molecule has 0 aliphatic heterocycles. The molecule has 0 saturated carbocycles. The second-order valence-corrected chi connectivity index (χ2v) is 2.97. The van der Waals surface area contributed by atoms with Crippen LogP contribution in [0, 0.1) is 0 Å². The maximum Gasteiger partial charge on any atom is 0.00970 e. The summed E-state index contributed by atoms with van der Waals surface area (Å²) < 4.78 is 0. The summed E-state index contributed by atoms with van der Waals surface area (Å²) in [5.74, 6) is 0. The van der Waals surface area contributed by atoms with E-state index in [4.69, 9.17) is 5.73 Å². The van der Waals surface area contributed by atoms with Crippen LogP contribution in [-0.2, 0) is 0 Å². The maximum absolute atomic E-state index is 5.27. The normalized spacial score (nSPS) is 10.0. The van der Waals surface area contributed by atoms with Gasteiger partial charge in [-0.3, -0.25) is 0 Å². The van der Waals surface area contributed by atoms with E-state index in [1.54, 1.807) is 0 Å². The van der Waals surface area contributed by atoms with Gasteiger partial charge in [0.05, 0.1) is 0 Å². The minimum Gasteiger partial charge on any atom is -0.329 e. The van der Waals surface area contributed by atoms with Crippen LogP contribution in [0.2, 0.25) is 0 Å². The monoisotopic (exact) mass is 144 g/mol. The summed E-state index contributed by atoms with van der Waals surface area (Å²) in [5, 5.41) is 3.25. The lowest BCUT2D eigenvalue weighted by molar-refractivity contribution is 0.432.